The summed E-state index contributed by atoms with van der Waals surface area (Å²) in [5.74, 6) is -0.0876. The maximum absolute atomic E-state index is 13.4. The largest absolute Gasteiger partial charge is 0.468 e. The molecule has 0 spiro atoms. The SMILES string of the molecule is COC(=O)C(CNc1ncnc2c1ncn2[C@@H]1O[C@H](CO)C(O)C1O)(c1ccccc1)c1ccccc1. The van der Waals surface area contributed by atoms with Gasteiger partial charge in [0.15, 0.2) is 23.2 Å². The third-order valence-electron chi connectivity index (χ3n) is 6.74. The zero-order valence-electron chi connectivity index (χ0n) is 20.0. The van der Waals surface area contributed by atoms with Crippen molar-refractivity contribution in [1.82, 2.24) is 19.5 Å². The van der Waals surface area contributed by atoms with Gasteiger partial charge in [-0.25, -0.2) is 15.0 Å². The molecule has 37 heavy (non-hydrogen) atoms. The molecule has 2 aromatic heterocycles. The summed E-state index contributed by atoms with van der Waals surface area (Å²) in [6.07, 6.45) is -1.73. The van der Waals surface area contributed by atoms with Gasteiger partial charge in [-0.15, -0.1) is 0 Å². The molecule has 192 valence electrons. The molecule has 4 atom stereocenters. The first-order chi connectivity index (χ1) is 18.0. The number of hydrogen-bond acceptors (Lipinski definition) is 10. The number of carbonyl (C=O) groups is 1. The summed E-state index contributed by atoms with van der Waals surface area (Å²) >= 11 is 0. The zero-order valence-corrected chi connectivity index (χ0v) is 20.0. The molecular formula is C26H27N5O6. The van der Waals surface area contributed by atoms with E-state index in [0.717, 1.165) is 11.1 Å². The number of fused-ring (bicyclic) bond motifs is 1. The maximum Gasteiger partial charge on any atom is 0.322 e. The fourth-order valence-electron chi connectivity index (χ4n) is 4.79. The van der Waals surface area contributed by atoms with Crippen molar-refractivity contribution in [2.45, 2.75) is 30.0 Å². The second kappa shape index (κ2) is 10.2. The normalized spacial score (nSPS) is 21.7. The first kappa shape index (κ1) is 24.8. The fraction of sp³-hybridized carbons (Fsp3) is 0.308. The van der Waals surface area contributed by atoms with Gasteiger partial charge in [-0.05, 0) is 11.1 Å². The number of hydrogen-bond donors (Lipinski definition) is 4. The van der Waals surface area contributed by atoms with Gasteiger partial charge in [0.25, 0.3) is 0 Å². The van der Waals surface area contributed by atoms with Crippen molar-refractivity contribution in [2.75, 3.05) is 25.6 Å². The highest BCUT2D eigenvalue weighted by molar-refractivity contribution is 5.89. The van der Waals surface area contributed by atoms with Crippen LogP contribution in [0.2, 0.25) is 0 Å². The van der Waals surface area contributed by atoms with E-state index in [0.29, 0.717) is 17.0 Å². The molecule has 3 heterocycles. The standard InChI is InChI=1S/C26H27N5O6/c1-36-25(35)26(16-8-4-2-5-9-16,17-10-6-3-7-11-17)13-27-22-19-23(29-14-28-22)31(15-30-19)24-21(34)20(33)18(12-32)37-24/h2-11,14-15,18,20-21,24,32-34H,12-13H2,1H3,(H,27,28,29)/t18-,20?,21?,24-/m1/s1. The van der Waals surface area contributed by atoms with Crippen LogP contribution in [0.3, 0.4) is 0 Å². The van der Waals surface area contributed by atoms with Gasteiger partial charge >= 0.3 is 5.97 Å². The molecule has 1 saturated heterocycles. The number of methoxy groups -OCH3 is 1. The van der Waals surface area contributed by atoms with Crippen molar-refractivity contribution in [3.63, 3.8) is 0 Å². The number of aliphatic hydroxyl groups is 3. The van der Waals surface area contributed by atoms with Crippen LogP contribution >= 0.6 is 0 Å². The molecule has 1 fully saturated rings. The third-order valence-corrected chi connectivity index (χ3v) is 6.74. The molecule has 0 amide bonds. The van der Waals surface area contributed by atoms with Crippen molar-refractivity contribution in [3.05, 3.63) is 84.4 Å². The van der Waals surface area contributed by atoms with Gasteiger partial charge in [0, 0.05) is 6.54 Å². The molecule has 2 unspecified atom stereocenters. The van der Waals surface area contributed by atoms with Crippen LogP contribution in [0.15, 0.2) is 73.3 Å². The third kappa shape index (κ3) is 4.21. The van der Waals surface area contributed by atoms with E-state index in [1.54, 1.807) is 0 Å². The van der Waals surface area contributed by atoms with Crippen LogP contribution in [0.5, 0.6) is 0 Å². The van der Waals surface area contributed by atoms with Gasteiger partial charge < -0.3 is 30.1 Å². The Balaban J connectivity index is 1.53. The number of esters is 1. The lowest BCUT2D eigenvalue weighted by Crippen LogP contribution is -2.44. The molecule has 11 nitrogen and oxygen atoms in total. The fourth-order valence-corrected chi connectivity index (χ4v) is 4.79. The molecule has 1 aliphatic heterocycles. The van der Waals surface area contributed by atoms with Crippen molar-refractivity contribution in [2.24, 2.45) is 0 Å². The summed E-state index contributed by atoms with van der Waals surface area (Å²) in [6.45, 7) is -0.349. The number of carbonyl (C=O) groups excluding carboxylic acids is 1. The molecule has 0 bridgehead atoms. The van der Waals surface area contributed by atoms with Crippen LogP contribution in [-0.4, -0.2) is 79.4 Å². The number of aromatic nitrogens is 4. The smallest absolute Gasteiger partial charge is 0.322 e. The van der Waals surface area contributed by atoms with E-state index in [9.17, 15) is 20.1 Å². The number of benzene rings is 2. The van der Waals surface area contributed by atoms with Gasteiger partial charge in [-0.3, -0.25) is 9.36 Å². The Kier molecular flexibility index (Phi) is 6.85. The number of anilines is 1. The van der Waals surface area contributed by atoms with E-state index in [2.05, 4.69) is 20.3 Å². The molecule has 0 radical (unpaired) electrons. The Morgan fingerprint density at radius 3 is 2.24 bits per heavy atom. The summed E-state index contributed by atoms with van der Waals surface area (Å²) in [5, 5.41) is 33.3. The molecule has 0 saturated carbocycles. The van der Waals surface area contributed by atoms with Crippen molar-refractivity contribution >= 4 is 23.0 Å². The molecule has 11 heteroatoms. The molecule has 4 aromatic rings. The maximum atomic E-state index is 13.4. The number of imidazole rings is 1. The zero-order chi connectivity index (χ0) is 26.0. The molecule has 4 N–H and O–H groups in total. The topological polar surface area (TPSA) is 152 Å². The van der Waals surface area contributed by atoms with Crippen LogP contribution in [0.1, 0.15) is 17.4 Å². The van der Waals surface area contributed by atoms with E-state index < -0.39 is 42.5 Å². The molecule has 2 aromatic carbocycles. The van der Waals surface area contributed by atoms with Crippen LogP contribution in [-0.2, 0) is 19.7 Å². The number of nitrogens with zero attached hydrogens (tertiary/aromatic N) is 4. The van der Waals surface area contributed by atoms with Crippen molar-refractivity contribution < 1.29 is 29.6 Å². The summed E-state index contributed by atoms with van der Waals surface area (Å²) in [5.41, 5.74) is 1.00. The summed E-state index contributed by atoms with van der Waals surface area (Å²) < 4.78 is 12.4. The van der Waals surface area contributed by atoms with Crippen molar-refractivity contribution in [1.29, 1.82) is 0 Å². The van der Waals surface area contributed by atoms with E-state index in [4.69, 9.17) is 9.47 Å². The Bertz CT molecular complexity index is 1330. The minimum Gasteiger partial charge on any atom is -0.468 e. The predicted molar refractivity (Wildman–Crippen MR) is 133 cm³/mol. The number of rotatable bonds is 8. The lowest BCUT2D eigenvalue weighted by atomic mass is 9.74. The Morgan fingerprint density at radius 2 is 1.68 bits per heavy atom. The van der Waals surface area contributed by atoms with Gasteiger partial charge in [0.05, 0.1) is 20.0 Å². The predicted octanol–water partition coefficient (Wildman–Crippen LogP) is 1.01. The molecule has 0 aliphatic carbocycles. The first-order valence-electron chi connectivity index (χ1n) is 11.7. The van der Waals surface area contributed by atoms with E-state index in [1.165, 1.54) is 24.3 Å². The highest BCUT2D eigenvalue weighted by Crippen LogP contribution is 2.36. The van der Waals surface area contributed by atoms with E-state index in [-0.39, 0.29) is 6.54 Å². The minimum atomic E-state index is -1.29. The minimum absolute atomic E-state index is 0.0977. The second-order valence-corrected chi connectivity index (χ2v) is 8.76. The monoisotopic (exact) mass is 505 g/mol. The van der Waals surface area contributed by atoms with Gasteiger partial charge in [-0.1, -0.05) is 60.7 Å². The Hall–Kier alpha value is -3.90. The quantitative estimate of drug-likeness (QED) is 0.255. The average molecular weight is 506 g/mol. The van der Waals surface area contributed by atoms with Crippen LogP contribution in [0, 0.1) is 0 Å². The second-order valence-electron chi connectivity index (χ2n) is 8.76. The van der Waals surface area contributed by atoms with Crippen molar-refractivity contribution in [3.8, 4) is 0 Å². The summed E-state index contributed by atoms with van der Waals surface area (Å²) in [6, 6.07) is 18.7. The average Bonchev–Trinajstić information content (AvgIpc) is 3.50. The van der Waals surface area contributed by atoms with Crippen LogP contribution in [0.25, 0.3) is 11.2 Å². The number of ether oxygens (including phenoxy) is 2. The van der Waals surface area contributed by atoms with Gasteiger partial charge in [0.1, 0.15) is 30.1 Å². The highest BCUT2D eigenvalue weighted by atomic mass is 16.6. The van der Waals surface area contributed by atoms with Crippen LogP contribution in [0.4, 0.5) is 5.82 Å². The first-order valence-corrected chi connectivity index (χ1v) is 11.7. The van der Waals surface area contributed by atoms with Crippen LogP contribution < -0.4 is 5.32 Å². The summed E-state index contributed by atoms with van der Waals surface area (Å²) in [4.78, 5) is 26.5. The lowest BCUT2D eigenvalue weighted by molar-refractivity contribution is -0.145. The highest BCUT2D eigenvalue weighted by Gasteiger charge is 2.45. The van der Waals surface area contributed by atoms with Gasteiger partial charge in [-0.2, -0.15) is 0 Å². The summed E-state index contributed by atoms with van der Waals surface area (Å²) in [7, 11) is 1.36. The van der Waals surface area contributed by atoms with Gasteiger partial charge in [0.2, 0.25) is 0 Å². The van der Waals surface area contributed by atoms with E-state index >= 15 is 0 Å². The van der Waals surface area contributed by atoms with E-state index in [1.807, 2.05) is 60.7 Å². The number of nitrogens with one attached hydrogen (secondary N) is 1. The Morgan fingerprint density at radius 1 is 1.03 bits per heavy atom. The lowest BCUT2D eigenvalue weighted by Gasteiger charge is -2.32. The number of aliphatic hydroxyl groups excluding tert-OH is 3. The Labute approximate surface area is 212 Å². The molecular weight excluding hydrogens is 478 g/mol. The molecule has 5 rings (SSSR count). The molecule has 1 aliphatic rings.